The number of rotatable bonds is 3. The molecule has 1 aliphatic carbocycles. The maximum absolute atomic E-state index is 12.2. The predicted molar refractivity (Wildman–Crippen MR) is 71.6 cm³/mol. The van der Waals surface area contributed by atoms with Crippen LogP contribution in [0.15, 0.2) is 18.2 Å². The van der Waals surface area contributed by atoms with Gasteiger partial charge in [-0.3, -0.25) is 0 Å². The maximum Gasteiger partial charge on any atom is 0.573 e. The molecule has 0 saturated heterocycles. The van der Waals surface area contributed by atoms with E-state index in [1.165, 1.54) is 18.6 Å². The number of ether oxygens (including phenoxy) is 1. The van der Waals surface area contributed by atoms with Crippen LogP contribution < -0.4 is 10.5 Å². The van der Waals surface area contributed by atoms with E-state index in [-0.39, 0.29) is 11.1 Å². The molecule has 0 heterocycles. The predicted octanol–water partition coefficient (Wildman–Crippen LogP) is 4.82. The summed E-state index contributed by atoms with van der Waals surface area (Å²) in [6.45, 7) is 0. The zero-order valence-electron chi connectivity index (χ0n) is 10.9. The molecule has 0 amide bonds. The molecule has 0 aromatic heterocycles. The lowest BCUT2D eigenvalue weighted by molar-refractivity contribution is -0.274. The quantitative estimate of drug-likeness (QED) is 0.869. The molecule has 2 rings (SSSR count). The van der Waals surface area contributed by atoms with Crippen molar-refractivity contribution in [2.75, 3.05) is 0 Å². The number of alkyl halides is 3. The average molecular weight is 308 g/mol. The fourth-order valence-corrected chi connectivity index (χ4v) is 2.92. The number of hydrogen-bond acceptors (Lipinski definition) is 2. The standard InChI is InChI=1S/C14H17ClF3NO/c15-11-8-10(6-7-12(11)20-14(16,17)18)13(19)9-4-2-1-3-5-9/h6-9,13H,1-5,19H2/t13-/m1/s1. The molecule has 0 unspecified atom stereocenters. The van der Waals surface area contributed by atoms with Crippen molar-refractivity contribution in [3.05, 3.63) is 28.8 Å². The van der Waals surface area contributed by atoms with Gasteiger partial charge >= 0.3 is 6.36 Å². The smallest absolute Gasteiger partial charge is 0.404 e. The van der Waals surface area contributed by atoms with Crippen LogP contribution in [-0.4, -0.2) is 6.36 Å². The highest BCUT2D eigenvalue weighted by atomic mass is 35.5. The Morgan fingerprint density at radius 1 is 1.20 bits per heavy atom. The van der Waals surface area contributed by atoms with E-state index >= 15 is 0 Å². The highest BCUT2D eigenvalue weighted by molar-refractivity contribution is 6.32. The fourth-order valence-electron chi connectivity index (χ4n) is 2.70. The van der Waals surface area contributed by atoms with E-state index < -0.39 is 12.1 Å². The molecule has 1 saturated carbocycles. The molecule has 112 valence electrons. The molecule has 1 aromatic carbocycles. The highest BCUT2D eigenvalue weighted by Crippen LogP contribution is 2.36. The molecule has 2 N–H and O–H groups in total. The van der Waals surface area contributed by atoms with Crippen molar-refractivity contribution in [2.45, 2.75) is 44.5 Å². The monoisotopic (exact) mass is 307 g/mol. The first-order chi connectivity index (χ1) is 9.37. The molecule has 2 nitrogen and oxygen atoms in total. The van der Waals surface area contributed by atoms with E-state index in [4.69, 9.17) is 17.3 Å². The second-order valence-electron chi connectivity index (χ2n) is 5.16. The average Bonchev–Trinajstić information content (AvgIpc) is 2.40. The van der Waals surface area contributed by atoms with Crippen LogP contribution in [0.2, 0.25) is 5.02 Å². The SMILES string of the molecule is N[C@@H](c1ccc(OC(F)(F)F)c(Cl)c1)C1CCCCC1. The zero-order chi connectivity index (χ0) is 14.8. The van der Waals surface area contributed by atoms with Crippen LogP contribution in [0.4, 0.5) is 13.2 Å². The van der Waals surface area contributed by atoms with Gasteiger partial charge in [-0.05, 0) is 36.5 Å². The van der Waals surface area contributed by atoms with Crippen LogP contribution in [0.5, 0.6) is 5.75 Å². The minimum atomic E-state index is -4.74. The summed E-state index contributed by atoms with van der Waals surface area (Å²) in [6, 6.07) is 4.08. The van der Waals surface area contributed by atoms with Gasteiger partial charge in [0.2, 0.25) is 0 Å². The molecule has 1 aromatic rings. The summed E-state index contributed by atoms with van der Waals surface area (Å²) in [5.41, 5.74) is 6.95. The molecule has 1 fully saturated rings. The van der Waals surface area contributed by atoms with Crippen molar-refractivity contribution in [3.8, 4) is 5.75 Å². The van der Waals surface area contributed by atoms with Crippen LogP contribution >= 0.6 is 11.6 Å². The molecule has 1 aliphatic rings. The van der Waals surface area contributed by atoms with Crippen molar-refractivity contribution >= 4 is 11.6 Å². The number of benzene rings is 1. The number of nitrogens with two attached hydrogens (primary N) is 1. The van der Waals surface area contributed by atoms with Gasteiger partial charge in [0.1, 0.15) is 5.75 Å². The van der Waals surface area contributed by atoms with E-state index in [9.17, 15) is 13.2 Å². The van der Waals surface area contributed by atoms with E-state index in [0.717, 1.165) is 31.2 Å². The Hall–Kier alpha value is -0.940. The minimum Gasteiger partial charge on any atom is -0.404 e. The third-order valence-corrected chi connectivity index (χ3v) is 4.02. The Balaban J connectivity index is 2.11. The molecular weight excluding hydrogens is 291 g/mol. The van der Waals surface area contributed by atoms with Crippen molar-refractivity contribution in [1.82, 2.24) is 0 Å². The van der Waals surface area contributed by atoms with E-state index in [2.05, 4.69) is 4.74 Å². The molecule has 20 heavy (non-hydrogen) atoms. The van der Waals surface area contributed by atoms with Crippen molar-refractivity contribution in [2.24, 2.45) is 11.7 Å². The van der Waals surface area contributed by atoms with Crippen LogP contribution in [0, 0.1) is 5.92 Å². The van der Waals surface area contributed by atoms with Crippen LogP contribution in [0.3, 0.4) is 0 Å². The first-order valence-electron chi connectivity index (χ1n) is 6.67. The van der Waals surface area contributed by atoms with Crippen molar-refractivity contribution < 1.29 is 17.9 Å². The third-order valence-electron chi connectivity index (χ3n) is 3.72. The molecule has 0 spiro atoms. The van der Waals surface area contributed by atoms with Crippen LogP contribution in [-0.2, 0) is 0 Å². The minimum absolute atomic E-state index is 0.0638. The Morgan fingerprint density at radius 3 is 2.40 bits per heavy atom. The summed E-state index contributed by atoms with van der Waals surface area (Å²) in [5, 5.41) is -0.0638. The third kappa shape index (κ3) is 4.03. The van der Waals surface area contributed by atoms with Gasteiger partial charge in [-0.1, -0.05) is 36.9 Å². The summed E-state index contributed by atoms with van der Waals surface area (Å²) in [7, 11) is 0. The normalized spacial score (nSPS) is 18.9. The van der Waals surface area contributed by atoms with Crippen molar-refractivity contribution in [1.29, 1.82) is 0 Å². The Bertz CT molecular complexity index is 458. The summed E-state index contributed by atoms with van der Waals surface area (Å²) >= 11 is 5.84. The van der Waals surface area contributed by atoms with Gasteiger partial charge < -0.3 is 10.5 Å². The number of halogens is 4. The highest BCUT2D eigenvalue weighted by Gasteiger charge is 2.32. The Labute approximate surface area is 121 Å². The second kappa shape index (κ2) is 6.22. The van der Waals surface area contributed by atoms with Gasteiger partial charge in [-0.15, -0.1) is 13.2 Å². The molecular formula is C14H17ClF3NO. The maximum atomic E-state index is 12.2. The lowest BCUT2D eigenvalue weighted by Gasteiger charge is -2.28. The van der Waals surface area contributed by atoms with Crippen molar-refractivity contribution in [3.63, 3.8) is 0 Å². The van der Waals surface area contributed by atoms with Gasteiger partial charge in [0.25, 0.3) is 0 Å². The molecule has 0 radical (unpaired) electrons. The van der Waals surface area contributed by atoms with Gasteiger partial charge in [0.05, 0.1) is 5.02 Å². The largest absolute Gasteiger partial charge is 0.573 e. The zero-order valence-corrected chi connectivity index (χ0v) is 11.7. The first-order valence-corrected chi connectivity index (χ1v) is 7.05. The lowest BCUT2D eigenvalue weighted by Crippen LogP contribution is -2.23. The van der Waals surface area contributed by atoms with Gasteiger partial charge in [-0.2, -0.15) is 0 Å². The number of hydrogen-bond donors (Lipinski definition) is 1. The fraction of sp³-hybridized carbons (Fsp3) is 0.571. The summed E-state index contributed by atoms with van der Waals surface area (Å²) in [6.07, 6.45) is 0.904. The van der Waals surface area contributed by atoms with E-state index in [1.807, 2.05) is 0 Å². The van der Waals surface area contributed by atoms with Gasteiger partial charge in [-0.25, -0.2) is 0 Å². The molecule has 0 bridgehead atoms. The molecule has 6 heteroatoms. The second-order valence-corrected chi connectivity index (χ2v) is 5.57. The van der Waals surface area contributed by atoms with Gasteiger partial charge in [0.15, 0.2) is 0 Å². The lowest BCUT2D eigenvalue weighted by atomic mass is 9.81. The summed E-state index contributed by atoms with van der Waals surface area (Å²) < 4.78 is 40.3. The van der Waals surface area contributed by atoms with E-state index in [1.54, 1.807) is 6.07 Å². The van der Waals surface area contributed by atoms with E-state index in [0.29, 0.717) is 5.92 Å². The first kappa shape index (κ1) is 15.4. The van der Waals surface area contributed by atoms with Crippen LogP contribution in [0.1, 0.15) is 43.7 Å². The summed E-state index contributed by atoms with van der Waals surface area (Å²) in [5.74, 6) is -0.0204. The Kier molecular flexibility index (Phi) is 4.81. The Morgan fingerprint density at radius 2 is 1.85 bits per heavy atom. The topological polar surface area (TPSA) is 35.2 Å². The summed E-state index contributed by atoms with van der Waals surface area (Å²) in [4.78, 5) is 0. The molecule has 1 atom stereocenters. The molecule has 0 aliphatic heterocycles. The van der Waals surface area contributed by atoms with Gasteiger partial charge in [0, 0.05) is 6.04 Å². The van der Waals surface area contributed by atoms with Crippen LogP contribution in [0.25, 0.3) is 0 Å².